The fraction of sp³-hybridized carbons (Fsp3) is 0.250. The largest absolute Gasteiger partial charge is 0.350 e. The van der Waals surface area contributed by atoms with Gasteiger partial charge in [-0.15, -0.1) is 0 Å². The second kappa shape index (κ2) is 5.33. The lowest BCUT2D eigenvalue weighted by atomic mass is 9.87. The van der Waals surface area contributed by atoms with Gasteiger partial charge in [-0.25, -0.2) is 0 Å². The molecule has 0 heterocycles. The molecule has 2 rings (SSSR count). The van der Waals surface area contributed by atoms with E-state index < -0.39 is 0 Å². The molecule has 0 aliphatic carbocycles. The van der Waals surface area contributed by atoms with E-state index in [-0.39, 0.29) is 16.0 Å². The molecule has 2 aromatic carbocycles. The monoisotopic (exact) mass is 270 g/mol. The molecular weight excluding hydrogens is 252 g/mol. The number of para-hydroxylation sites is 2. The summed E-state index contributed by atoms with van der Waals surface area (Å²) in [5.74, 6) is 0. The van der Waals surface area contributed by atoms with E-state index in [1.165, 1.54) is 11.6 Å². The molecule has 2 aromatic rings. The fourth-order valence-corrected chi connectivity index (χ4v) is 1.95. The van der Waals surface area contributed by atoms with Gasteiger partial charge in [0.05, 0.1) is 4.92 Å². The van der Waals surface area contributed by atoms with E-state index in [9.17, 15) is 10.1 Å². The van der Waals surface area contributed by atoms with Gasteiger partial charge in [0.15, 0.2) is 0 Å². The van der Waals surface area contributed by atoms with Crippen molar-refractivity contribution in [3.8, 4) is 0 Å². The van der Waals surface area contributed by atoms with Crippen LogP contribution in [0.4, 0.5) is 17.1 Å². The number of nitrogens with one attached hydrogen (secondary N) is 1. The van der Waals surface area contributed by atoms with Gasteiger partial charge in [0, 0.05) is 11.8 Å². The number of nitro groups is 1. The summed E-state index contributed by atoms with van der Waals surface area (Å²) in [6.45, 7) is 6.45. The van der Waals surface area contributed by atoms with E-state index in [0.717, 1.165) is 5.69 Å². The molecule has 0 saturated heterocycles. The van der Waals surface area contributed by atoms with Crippen molar-refractivity contribution in [1.82, 2.24) is 0 Å². The third-order valence-electron chi connectivity index (χ3n) is 3.13. The molecule has 0 fully saturated rings. The lowest BCUT2D eigenvalue weighted by Crippen LogP contribution is -2.10. The first-order chi connectivity index (χ1) is 9.38. The van der Waals surface area contributed by atoms with E-state index in [1.54, 1.807) is 18.2 Å². The topological polar surface area (TPSA) is 55.2 Å². The third-order valence-corrected chi connectivity index (χ3v) is 3.13. The molecule has 1 N–H and O–H groups in total. The average Bonchev–Trinajstić information content (AvgIpc) is 2.38. The van der Waals surface area contributed by atoms with Gasteiger partial charge in [-0.2, -0.15) is 0 Å². The molecule has 0 spiro atoms. The van der Waals surface area contributed by atoms with E-state index in [2.05, 4.69) is 26.1 Å². The summed E-state index contributed by atoms with van der Waals surface area (Å²) < 4.78 is 0. The normalized spacial score (nSPS) is 11.2. The van der Waals surface area contributed by atoms with Gasteiger partial charge in [-0.3, -0.25) is 10.1 Å². The SMILES string of the molecule is CC(C)(C)c1ccc(Nc2ccccc2[N+](=O)[O-])cc1. The van der Waals surface area contributed by atoms with Crippen LogP contribution in [0.25, 0.3) is 0 Å². The van der Waals surface area contributed by atoms with Crippen LogP contribution in [-0.4, -0.2) is 4.92 Å². The summed E-state index contributed by atoms with van der Waals surface area (Å²) in [4.78, 5) is 10.6. The summed E-state index contributed by atoms with van der Waals surface area (Å²) in [5, 5.41) is 14.1. The Labute approximate surface area is 118 Å². The van der Waals surface area contributed by atoms with Crippen molar-refractivity contribution in [1.29, 1.82) is 0 Å². The average molecular weight is 270 g/mol. The zero-order chi connectivity index (χ0) is 14.8. The molecule has 0 saturated carbocycles. The van der Waals surface area contributed by atoms with Crippen LogP contribution in [0.2, 0.25) is 0 Å². The predicted octanol–water partition coefficient (Wildman–Crippen LogP) is 4.64. The fourth-order valence-electron chi connectivity index (χ4n) is 1.95. The van der Waals surface area contributed by atoms with Crippen LogP contribution in [0.15, 0.2) is 48.5 Å². The van der Waals surface area contributed by atoms with E-state index >= 15 is 0 Å². The first kappa shape index (κ1) is 14.1. The minimum atomic E-state index is -0.383. The van der Waals surface area contributed by atoms with Gasteiger partial charge in [0.25, 0.3) is 5.69 Å². The van der Waals surface area contributed by atoms with Gasteiger partial charge in [-0.1, -0.05) is 45.0 Å². The first-order valence-corrected chi connectivity index (χ1v) is 6.49. The van der Waals surface area contributed by atoms with E-state index in [1.807, 2.05) is 24.3 Å². The molecule has 4 nitrogen and oxygen atoms in total. The maximum absolute atomic E-state index is 11.0. The van der Waals surface area contributed by atoms with Crippen LogP contribution in [0.1, 0.15) is 26.3 Å². The highest BCUT2D eigenvalue weighted by atomic mass is 16.6. The van der Waals surface area contributed by atoms with Crippen LogP contribution < -0.4 is 5.32 Å². The van der Waals surface area contributed by atoms with Crippen LogP contribution in [0.3, 0.4) is 0 Å². The molecule has 0 unspecified atom stereocenters. The van der Waals surface area contributed by atoms with Crippen LogP contribution >= 0.6 is 0 Å². The van der Waals surface area contributed by atoms with Crippen molar-refractivity contribution in [3.63, 3.8) is 0 Å². The molecule has 4 heteroatoms. The molecule has 20 heavy (non-hydrogen) atoms. The predicted molar refractivity (Wildman–Crippen MR) is 81.5 cm³/mol. The smallest absolute Gasteiger partial charge is 0.292 e. The summed E-state index contributed by atoms with van der Waals surface area (Å²) in [6, 6.07) is 14.6. The Morgan fingerprint density at radius 3 is 2.15 bits per heavy atom. The highest BCUT2D eigenvalue weighted by Gasteiger charge is 2.14. The second-order valence-corrected chi connectivity index (χ2v) is 5.73. The van der Waals surface area contributed by atoms with Gasteiger partial charge in [0.2, 0.25) is 0 Å². The zero-order valence-electron chi connectivity index (χ0n) is 11.9. The summed E-state index contributed by atoms with van der Waals surface area (Å²) in [7, 11) is 0. The molecule has 0 aliphatic heterocycles. The number of nitro benzene ring substituents is 1. The summed E-state index contributed by atoms with van der Waals surface area (Å²) in [5.41, 5.74) is 2.74. The molecule has 0 aromatic heterocycles. The van der Waals surface area contributed by atoms with Crippen LogP contribution in [0, 0.1) is 10.1 Å². The Hall–Kier alpha value is -2.36. The van der Waals surface area contributed by atoms with Crippen molar-refractivity contribution < 1.29 is 4.92 Å². The number of nitrogens with zero attached hydrogens (tertiary/aromatic N) is 1. The standard InChI is InChI=1S/C16H18N2O2/c1-16(2,3)12-8-10-13(11-9-12)17-14-6-4-5-7-15(14)18(19)20/h4-11,17H,1-3H3. The second-order valence-electron chi connectivity index (χ2n) is 5.73. The van der Waals surface area contributed by atoms with Crippen molar-refractivity contribution in [3.05, 3.63) is 64.2 Å². The van der Waals surface area contributed by atoms with Gasteiger partial charge in [-0.05, 0) is 29.2 Å². The molecular formula is C16H18N2O2. The lowest BCUT2D eigenvalue weighted by molar-refractivity contribution is -0.383. The Kier molecular flexibility index (Phi) is 3.74. The summed E-state index contributed by atoms with van der Waals surface area (Å²) in [6.07, 6.45) is 0. The molecule has 104 valence electrons. The van der Waals surface area contributed by atoms with E-state index in [4.69, 9.17) is 0 Å². The third kappa shape index (κ3) is 3.15. The molecule has 0 atom stereocenters. The van der Waals surface area contributed by atoms with Crippen molar-refractivity contribution in [2.24, 2.45) is 0 Å². The minimum Gasteiger partial charge on any atom is -0.350 e. The Bertz CT molecular complexity index is 613. The maximum atomic E-state index is 11.0. The van der Waals surface area contributed by atoms with Crippen molar-refractivity contribution in [2.45, 2.75) is 26.2 Å². The van der Waals surface area contributed by atoms with Gasteiger partial charge in [0.1, 0.15) is 5.69 Å². The number of anilines is 2. The van der Waals surface area contributed by atoms with E-state index in [0.29, 0.717) is 5.69 Å². The first-order valence-electron chi connectivity index (χ1n) is 6.49. The molecule has 0 aliphatic rings. The quantitative estimate of drug-likeness (QED) is 0.653. The lowest BCUT2D eigenvalue weighted by Gasteiger charge is -2.19. The summed E-state index contributed by atoms with van der Waals surface area (Å²) >= 11 is 0. The van der Waals surface area contributed by atoms with Crippen molar-refractivity contribution >= 4 is 17.1 Å². The Morgan fingerprint density at radius 2 is 1.60 bits per heavy atom. The number of hydrogen-bond donors (Lipinski definition) is 1. The molecule has 0 radical (unpaired) electrons. The van der Waals surface area contributed by atoms with Crippen LogP contribution in [-0.2, 0) is 5.41 Å². The number of hydrogen-bond acceptors (Lipinski definition) is 3. The van der Waals surface area contributed by atoms with Gasteiger partial charge < -0.3 is 5.32 Å². The minimum absolute atomic E-state index is 0.0763. The van der Waals surface area contributed by atoms with Crippen molar-refractivity contribution in [2.75, 3.05) is 5.32 Å². The number of benzene rings is 2. The molecule has 0 amide bonds. The Balaban J connectivity index is 2.25. The highest BCUT2D eigenvalue weighted by molar-refractivity contribution is 5.69. The Morgan fingerprint density at radius 1 is 1.00 bits per heavy atom. The highest BCUT2D eigenvalue weighted by Crippen LogP contribution is 2.28. The molecule has 0 bridgehead atoms. The number of rotatable bonds is 3. The van der Waals surface area contributed by atoms with Crippen LogP contribution in [0.5, 0.6) is 0 Å². The maximum Gasteiger partial charge on any atom is 0.292 e. The van der Waals surface area contributed by atoms with Gasteiger partial charge >= 0.3 is 0 Å². The zero-order valence-corrected chi connectivity index (χ0v) is 11.9.